The predicted molar refractivity (Wildman–Crippen MR) is 141 cm³/mol. The molecule has 0 saturated carbocycles. The Morgan fingerprint density at radius 3 is 2.58 bits per heavy atom. The molecule has 0 radical (unpaired) electrons. The third kappa shape index (κ3) is 5.27. The molecule has 0 bridgehead atoms. The van der Waals surface area contributed by atoms with Gasteiger partial charge in [0.25, 0.3) is 0 Å². The van der Waals surface area contributed by atoms with Crippen LogP contribution < -0.4 is 20.2 Å². The van der Waals surface area contributed by atoms with Crippen LogP contribution in [-0.2, 0) is 22.8 Å². The van der Waals surface area contributed by atoms with E-state index in [1.165, 1.54) is 6.07 Å². The van der Waals surface area contributed by atoms with Gasteiger partial charge >= 0.3 is 6.09 Å². The summed E-state index contributed by atoms with van der Waals surface area (Å²) in [5, 5.41) is 3.25. The van der Waals surface area contributed by atoms with Crippen molar-refractivity contribution >= 4 is 25.3 Å². The molecule has 1 aliphatic rings. The van der Waals surface area contributed by atoms with Gasteiger partial charge in [-0.25, -0.2) is 4.79 Å². The molecule has 1 aromatic heterocycles. The van der Waals surface area contributed by atoms with Gasteiger partial charge in [0.2, 0.25) is 6.79 Å². The van der Waals surface area contributed by atoms with Crippen molar-refractivity contribution in [2.24, 2.45) is 7.05 Å². The molecule has 1 aliphatic heterocycles. The van der Waals surface area contributed by atoms with Gasteiger partial charge in [-0.2, -0.15) is 0 Å². The number of rotatable bonds is 7. The average Bonchev–Trinajstić information content (AvgIpc) is 3.30. The molecular weight excluding hydrogens is 476 g/mol. The minimum absolute atomic E-state index is 0.0782. The number of ether oxygens (including phenoxy) is 3. The zero-order valence-electron chi connectivity index (χ0n) is 21.7. The fraction of sp³-hybridized carbons (Fsp3) is 0.407. The molecule has 36 heavy (non-hydrogen) atoms. The van der Waals surface area contributed by atoms with Crippen LogP contribution in [0.1, 0.15) is 38.0 Å². The number of pyridine rings is 1. The molecule has 9 heteroatoms. The minimum Gasteiger partial charge on any atom is -0.453 e. The van der Waals surface area contributed by atoms with E-state index >= 15 is 0 Å². The Morgan fingerprint density at radius 2 is 1.89 bits per heavy atom. The molecule has 0 fully saturated rings. The first-order chi connectivity index (χ1) is 17.0. The van der Waals surface area contributed by atoms with Crippen molar-refractivity contribution in [3.63, 3.8) is 0 Å². The third-order valence-electron chi connectivity index (χ3n) is 6.95. The van der Waals surface area contributed by atoms with Gasteiger partial charge in [-0.15, -0.1) is 0 Å². The molecular formula is C27H34N2O6Si. The topological polar surface area (TPSA) is 88.0 Å². The van der Waals surface area contributed by atoms with Crippen LogP contribution in [0.4, 0.5) is 4.79 Å². The standard InChI is InChI=1S/C27H34N2O6Si/c1-27(2,3)36(5,6)35-22(15-28-26(31)32-16-18-10-8-7-9-11-18)19-14-21-25(34-17-33-21)24-23(19)20(30)12-13-29(24)4/h7-14,22H,15-17H2,1-6H3,(H,28,31). The second-order valence-corrected chi connectivity index (χ2v) is 15.3. The SMILES string of the molecule is Cn1ccc(=O)c2c(C(CNC(=O)OCc3ccccc3)O[Si](C)(C)C(C)(C)C)cc3c(c21)OCO3. The van der Waals surface area contributed by atoms with Crippen LogP contribution in [0.3, 0.4) is 0 Å². The highest BCUT2D eigenvalue weighted by atomic mass is 28.4. The smallest absolute Gasteiger partial charge is 0.407 e. The van der Waals surface area contributed by atoms with E-state index in [1.54, 1.807) is 12.3 Å². The Balaban J connectivity index is 1.69. The molecule has 3 aromatic rings. The number of alkyl carbamates (subject to hydrolysis) is 1. The summed E-state index contributed by atoms with van der Waals surface area (Å²) >= 11 is 0. The van der Waals surface area contributed by atoms with Gasteiger partial charge in [0.1, 0.15) is 6.61 Å². The number of hydrogen-bond acceptors (Lipinski definition) is 6. The summed E-state index contributed by atoms with van der Waals surface area (Å²) in [6, 6.07) is 12.8. The third-order valence-corrected chi connectivity index (χ3v) is 11.4. The fourth-order valence-electron chi connectivity index (χ4n) is 3.93. The predicted octanol–water partition coefficient (Wildman–Crippen LogP) is 5.26. The van der Waals surface area contributed by atoms with E-state index in [4.69, 9.17) is 18.6 Å². The van der Waals surface area contributed by atoms with Gasteiger partial charge in [0.15, 0.2) is 25.2 Å². The first-order valence-electron chi connectivity index (χ1n) is 12.0. The molecule has 1 atom stereocenters. The highest BCUT2D eigenvalue weighted by Crippen LogP contribution is 2.44. The molecule has 1 unspecified atom stereocenters. The summed E-state index contributed by atoms with van der Waals surface area (Å²) in [5.41, 5.74) is 2.05. The van der Waals surface area contributed by atoms with Gasteiger partial charge in [-0.3, -0.25) is 4.79 Å². The number of hydrogen-bond donors (Lipinski definition) is 1. The molecule has 1 amide bonds. The van der Waals surface area contributed by atoms with Gasteiger partial charge < -0.3 is 28.5 Å². The normalized spacial score (nSPS) is 14.1. The Morgan fingerprint density at radius 1 is 1.17 bits per heavy atom. The lowest BCUT2D eigenvalue weighted by Crippen LogP contribution is -2.44. The Hall–Kier alpha value is -3.30. The lowest BCUT2D eigenvalue weighted by molar-refractivity contribution is 0.128. The zero-order chi connectivity index (χ0) is 26.1. The van der Waals surface area contributed by atoms with Crippen molar-refractivity contribution in [3.8, 4) is 11.5 Å². The lowest BCUT2D eigenvalue weighted by Gasteiger charge is -2.39. The molecule has 4 rings (SSSR count). The Kier molecular flexibility index (Phi) is 7.15. The number of amides is 1. The van der Waals surface area contributed by atoms with Crippen LogP contribution in [0.2, 0.25) is 18.1 Å². The maximum atomic E-state index is 13.2. The van der Waals surface area contributed by atoms with Crippen molar-refractivity contribution < 1.29 is 23.4 Å². The van der Waals surface area contributed by atoms with Gasteiger partial charge in [0.05, 0.1) is 23.6 Å². The van der Waals surface area contributed by atoms with Crippen LogP contribution >= 0.6 is 0 Å². The van der Waals surface area contributed by atoms with Crippen LogP contribution in [0.15, 0.2) is 53.5 Å². The highest BCUT2D eigenvalue weighted by molar-refractivity contribution is 6.74. The summed E-state index contributed by atoms with van der Waals surface area (Å²) in [6.45, 7) is 11.1. The first kappa shape index (κ1) is 25.8. The van der Waals surface area contributed by atoms with Crippen LogP contribution in [0.25, 0.3) is 10.9 Å². The number of aromatic nitrogens is 1. The largest absolute Gasteiger partial charge is 0.453 e. The highest BCUT2D eigenvalue weighted by Gasteiger charge is 2.40. The van der Waals surface area contributed by atoms with Crippen LogP contribution in [0, 0.1) is 0 Å². The maximum Gasteiger partial charge on any atom is 0.407 e. The molecule has 192 valence electrons. The summed E-state index contributed by atoms with van der Waals surface area (Å²) in [4.78, 5) is 25.7. The molecule has 2 aromatic carbocycles. The number of carbonyl (C=O) groups excluding carboxylic acids is 1. The van der Waals surface area contributed by atoms with E-state index in [2.05, 4.69) is 39.2 Å². The number of carbonyl (C=O) groups is 1. The number of fused-ring (bicyclic) bond motifs is 3. The van der Waals surface area contributed by atoms with E-state index in [1.807, 2.05) is 41.9 Å². The molecule has 0 aliphatic carbocycles. The van der Waals surface area contributed by atoms with Gasteiger partial charge in [-0.05, 0) is 35.3 Å². The molecule has 8 nitrogen and oxygen atoms in total. The Labute approximate surface area is 212 Å². The first-order valence-corrected chi connectivity index (χ1v) is 14.9. The van der Waals surface area contributed by atoms with E-state index < -0.39 is 20.5 Å². The fourth-order valence-corrected chi connectivity index (χ4v) is 5.20. The van der Waals surface area contributed by atoms with Crippen molar-refractivity contribution in [3.05, 3.63) is 70.0 Å². The summed E-state index contributed by atoms with van der Waals surface area (Å²) < 4.78 is 25.5. The van der Waals surface area contributed by atoms with Gasteiger partial charge in [0, 0.05) is 19.3 Å². The van der Waals surface area contributed by atoms with E-state index in [0.717, 1.165) is 5.56 Å². The zero-order valence-corrected chi connectivity index (χ0v) is 22.7. The van der Waals surface area contributed by atoms with Crippen molar-refractivity contribution in [1.82, 2.24) is 9.88 Å². The molecule has 0 spiro atoms. The van der Waals surface area contributed by atoms with E-state index in [-0.39, 0.29) is 30.4 Å². The lowest BCUT2D eigenvalue weighted by atomic mass is 10.0. The summed E-state index contributed by atoms with van der Waals surface area (Å²) in [5.74, 6) is 1.09. The molecule has 1 N–H and O–H groups in total. The number of nitrogens with one attached hydrogen (secondary N) is 1. The average molecular weight is 511 g/mol. The molecule has 0 saturated heterocycles. The van der Waals surface area contributed by atoms with Crippen molar-refractivity contribution in [2.75, 3.05) is 13.3 Å². The van der Waals surface area contributed by atoms with Crippen molar-refractivity contribution in [2.45, 2.75) is 51.6 Å². The Bertz CT molecular complexity index is 1310. The monoisotopic (exact) mass is 510 g/mol. The van der Waals surface area contributed by atoms with Crippen LogP contribution in [0.5, 0.6) is 11.5 Å². The second kappa shape index (κ2) is 9.98. The maximum absolute atomic E-state index is 13.2. The number of nitrogens with zero attached hydrogens (tertiary/aromatic N) is 1. The number of aryl methyl sites for hydroxylation is 1. The van der Waals surface area contributed by atoms with Crippen molar-refractivity contribution in [1.29, 1.82) is 0 Å². The van der Waals surface area contributed by atoms with Crippen LogP contribution in [-0.4, -0.2) is 32.3 Å². The van der Waals surface area contributed by atoms with Gasteiger partial charge in [-0.1, -0.05) is 51.1 Å². The quantitative estimate of drug-likeness (QED) is 0.437. The van der Waals surface area contributed by atoms with E-state index in [0.29, 0.717) is 28.0 Å². The summed E-state index contributed by atoms with van der Waals surface area (Å²) in [7, 11) is -0.453. The van der Waals surface area contributed by atoms with E-state index in [9.17, 15) is 9.59 Å². The minimum atomic E-state index is -2.31. The second-order valence-electron chi connectivity index (χ2n) is 10.5. The molecule has 2 heterocycles. The number of benzene rings is 2. The summed E-state index contributed by atoms with van der Waals surface area (Å²) in [6.07, 6.45) is 0.558.